The van der Waals surface area contributed by atoms with Gasteiger partial charge < -0.3 is 4.43 Å². The van der Waals surface area contributed by atoms with Gasteiger partial charge in [-0.1, -0.05) is 34.2 Å². The van der Waals surface area contributed by atoms with Crippen LogP contribution in [0.5, 0.6) is 0 Å². The van der Waals surface area contributed by atoms with Crippen LogP contribution in [0.25, 0.3) is 0 Å². The summed E-state index contributed by atoms with van der Waals surface area (Å²) in [5, 5.41) is 0. The third-order valence-electron chi connectivity index (χ3n) is 4.91. The maximum Gasteiger partial charge on any atom is 0.146 e. The Balaban J connectivity index is 2.73. The molecule has 1 fully saturated rings. The van der Waals surface area contributed by atoms with E-state index in [1.54, 1.807) is 0 Å². The van der Waals surface area contributed by atoms with Crippen molar-refractivity contribution in [2.45, 2.75) is 53.7 Å². The second kappa shape index (κ2) is 4.25. The quantitative estimate of drug-likeness (QED) is 0.675. The van der Waals surface area contributed by atoms with E-state index in [0.717, 1.165) is 0 Å². The Morgan fingerprint density at radius 3 is 1.80 bits per heavy atom. The average molecular weight is 277 g/mol. The van der Waals surface area contributed by atoms with E-state index in [2.05, 4.69) is 48.1 Å². The van der Waals surface area contributed by atoms with Gasteiger partial charge in [0.15, 0.2) is 0 Å². The van der Waals surface area contributed by atoms with Crippen LogP contribution in [0.15, 0.2) is 0 Å². The first-order valence-electron chi connectivity index (χ1n) is 6.31. The van der Waals surface area contributed by atoms with E-state index in [1.165, 1.54) is 0 Å². The van der Waals surface area contributed by atoms with Crippen LogP contribution in [0.1, 0.15) is 41.5 Å². The molecule has 1 heterocycles. The lowest BCUT2D eigenvalue weighted by Gasteiger charge is -2.51. The molecule has 0 bridgehead atoms. The first-order valence-corrected chi connectivity index (χ1v) is 21.4. The Labute approximate surface area is 103 Å². The normalized spacial score (nSPS) is 32.8. The van der Waals surface area contributed by atoms with Crippen molar-refractivity contribution < 1.29 is 4.43 Å². The van der Waals surface area contributed by atoms with Crippen molar-refractivity contribution in [2.24, 2.45) is 11.3 Å². The van der Waals surface area contributed by atoms with Gasteiger partial charge in [0.05, 0.1) is 5.60 Å². The standard InChI is InChI=1S/C10H28OSi4/c1-8(2)9(3,4)10(5,6)11-15(7)13-12-14-15/h8H,12-14H2,1-7H3. The number of hydrogen-bond acceptors (Lipinski definition) is 1. The van der Waals surface area contributed by atoms with E-state index >= 15 is 0 Å². The van der Waals surface area contributed by atoms with Crippen LogP contribution >= 0.6 is 0 Å². The minimum atomic E-state index is -0.948. The summed E-state index contributed by atoms with van der Waals surface area (Å²) in [7, 11) is 0.390. The maximum absolute atomic E-state index is 6.68. The molecular formula is C10H28OSi4. The van der Waals surface area contributed by atoms with Crippen molar-refractivity contribution in [3.05, 3.63) is 0 Å². The maximum atomic E-state index is 6.68. The molecule has 0 unspecified atom stereocenters. The van der Waals surface area contributed by atoms with Crippen LogP contribution in [0.2, 0.25) is 6.55 Å². The van der Waals surface area contributed by atoms with Crippen LogP contribution in [0, 0.1) is 11.3 Å². The molecule has 0 aromatic heterocycles. The van der Waals surface area contributed by atoms with Gasteiger partial charge in [0, 0.05) is 17.1 Å². The molecule has 0 amide bonds. The van der Waals surface area contributed by atoms with E-state index < -0.39 is 7.35 Å². The predicted molar refractivity (Wildman–Crippen MR) is 81.0 cm³/mol. The Kier molecular flexibility index (Phi) is 3.94. The van der Waals surface area contributed by atoms with Gasteiger partial charge in [-0.15, -0.1) is 0 Å². The fraction of sp³-hybridized carbons (Fsp3) is 1.00. The molecule has 1 nitrogen and oxygen atoms in total. The van der Waals surface area contributed by atoms with E-state index in [-0.39, 0.29) is 5.60 Å². The van der Waals surface area contributed by atoms with Gasteiger partial charge in [0.25, 0.3) is 0 Å². The zero-order valence-corrected chi connectivity index (χ0v) is 16.8. The molecule has 0 aromatic carbocycles. The van der Waals surface area contributed by atoms with Gasteiger partial charge in [-0.2, -0.15) is 0 Å². The van der Waals surface area contributed by atoms with E-state index in [1.807, 2.05) is 0 Å². The molecule has 90 valence electrons. The molecule has 0 atom stereocenters. The zero-order chi connectivity index (χ0) is 11.9. The highest BCUT2D eigenvalue weighted by Crippen LogP contribution is 2.41. The Bertz CT molecular complexity index is 234. The highest BCUT2D eigenvalue weighted by atomic mass is 30.1. The van der Waals surface area contributed by atoms with Crippen molar-refractivity contribution in [2.75, 3.05) is 0 Å². The Morgan fingerprint density at radius 1 is 1.07 bits per heavy atom. The molecule has 1 saturated heterocycles. The fourth-order valence-electron chi connectivity index (χ4n) is 2.22. The van der Waals surface area contributed by atoms with Crippen LogP contribution in [-0.4, -0.2) is 38.6 Å². The molecule has 0 radical (unpaired) electrons. The molecule has 1 aliphatic heterocycles. The topological polar surface area (TPSA) is 9.23 Å². The average Bonchev–Trinajstić information content (AvgIpc) is 2.00. The number of hydrogen-bond donors (Lipinski definition) is 0. The third kappa shape index (κ3) is 2.74. The van der Waals surface area contributed by atoms with Crippen LogP contribution in [0.4, 0.5) is 0 Å². The third-order valence-corrected chi connectivity index (χ3v) is 81.7. The van der Waals surface area contributed by atoms with Gasteiger partial charge in [-0.05, 0) is 33.7 Å². The summed E-state index contributed by atoms with van der Waals surface area (Å²) in [4.78, 5) is 0. The lowest BCUT2D eigenvalue weighted by atomic mass is 9.69. The second-order valence-corrected chi connectivity index (χ2v) is 44.1. The van der Waals surface area contributed by atoms with Gasteiger partial charge in [-0.25, -0.2) is 0 Å². The molecule has 15 heavy (non-hydrogen) atoms. The molecule has 1 rings (SSSR count). The fourth-order valence-corrected chi connectivity index (χ4v) is 62.5. The first-order chi connectivity index (χ1) is 6.61. The largest absolute Gasteiger partial charge is 0.420 e. The Morgan fingerprint density at radius 2 is 1.53 bits per heavy atom. The van der Waals surface area contributed by atoms with E-state index in [4.69, 9.17) is 4.43 Å². The summed E-state index contributed by atoms with van der Waals surface area (Å²) in [6.07, 6.45) is 0. The summed E-state index contributed by atoms with van der Waals surface area (Å²) in [6, 6.07) is 0. The molecule has 0 spiro atoms. The number of rotatable bonds is 4. The van der Waals surface area contributed by atoms with Crippen molar-refractivity contribution >= 4 is 33.0 Å². The van der Waals surface area contributed by atoms with Gasteiger partial charge >= 0.3 is 0 Å². The lowest BCUT2D eigenvalue weighted by Crippen LogP contribution is -2.69. The summed E-state index contributed by atoms with van der Waals surface area (Å²) >= 11 is 0. The Hall–Kier alpha value is 0.828. The summed E-state index contributed by atoms with van der Waals surface area (Å²) < 4.78 is 6.68. The van der Waals surface area contributed by atoms with Crippen LogP contribution in [0.3, 0.4) is 0 Å². The summed E-state index contributed by atoms with van der Waals surface area (Å²) in [5.74, 6) is 0.700. The minimum absolute atomic E-state index is 0.108. The first kappa shape index (κ1) is 13.9. The second-order valence-electron chi connectivity index (χ2n) is 6.79. The monoisotopic (exact) mass is 276 g/mol. The molecule has 0 aromatic rings. The van der Waals surface area contributed by atoms with E-state index in [0.29, 0.717) is 37.0 Å². The highest BCUT2D eigenvalue weighted by Gasteiger charge is 2.47. The SMILES string of the molecule is CC(C)C(C)(C)C(C)(C)O[Si]1(C)[SiH2][SiH2][SiH2]1. The summed E-state index contributed by atoms with van der Waals surface area (Å²) in [5.41, 5.74) is 0.417. The van der Waals surface area contributed by atoms with Crippen molar-refractivity contribution in [1.29, 1.82) is 0 Å². The van der Waals surface area contributed by atoms with Gasteiger partial charge in [-0.3, -0.25) is 0 Å². The molecule has 0 aliphatic carbocycles. The smallest absolute Gasteiger partial charge is 0.146 e. The van der Waals surface area contributed by atoms with Crippen LogP contribution < -0.4 is 0 Å². The van der Waals surface area contributed by atoms with Crippen LogP contribution in [-0.2, 0) is 4.43 Å². The van der Waals surface area contributed by atoms with Crippen molar-refractivity contribution in [3.8, 4) is 0 Å². The zero-order valence-electron chi connectivity index (χ0n) is 11.6. The van der Waals surface area contributed by atoms with Gasteiger partial charge in [0.1, 0.15) is 7.35 Å². The molecule has 0 N–H and O–H groups in total. The predicted octanol–water partition coefficient (Wildman–Crippen LogP) is 0.382. The molecular weight excluding hydrogens is 248 g/mol. The molecule has 5 heteroatoms. The lowest BCUT2D eigenvalue weighted by molar-refractivity contribution is -0.0406. The summed E-state index contributed by atoms with van der Waals surface area (Å²) in [6.45, 7) is 16.7. The van der Waals surface area contributed by atoms with Crippen molar-refractivity contribution in [3.63, 3.8) is 0 Å². The van der Waals surface area contributed by atoms with Gasteiger partial charge in [0.2, 0.25) is 0 Å². The highest BCUT2D eigenvalue weighted by molar-refractivity contribution is 7.85. The molecule has 1 aliphatic rings. The minimum Gasteiger partial charge on any atom is -0.420 e. The van der Waals surface area contributed by atoms with E-state index in [9.17, 15) is 0 Å². The van der Waals surface area contributed by atoms with Crippen molar-refractivity contribution in [1.82, 2.24) is 0 Å². The molecule has 0 saturated carbocycles.